The second-order valence-corrected chi connectivity index (χ2v) is 9.76. The van der Waals surface area contributed by atoms with E-state index in [1.165, 1.54) is 12.8 Å². The van der Waals surface area contributed by atoms with Gasteiger partial charge in [0.2, 0.25) is 5.95 Å². The number of aromatic amines is 2. The highest BCUT2D eigenvalue weighted by atomic mass is 19.4. The Morgan fingerprint density at radius 2 is 1.86 bits per heavy atom. The molecule has 4 aliphatic rings. The number of rotatable bonds is 4. The van der Waals surface area contributed by atoms with Crippen LogP contribution in [0, 0.1) is 24.7 Å². The minimum atomic E-state index is -5.08. The average molecular weight is 494 g/mol. The summed E-state index contributed by atoms with van der Waals surface area (Å²) in [5.41, 5.74) is 1.23. The van der Waals surface area contributed by atoms with Crippen LogP contribution < -0.4 is 10.6 Å². The molecule has 2 unspecified atom stereocenters. The Hall–Kier alpha value is -3.42. The number of carbonyl (C=O) groups is 1. The van der Waals surface area contributed by atoms with Gasteiger partial charge in [-0.15, -0.1) is 0 Å². The monoisotopic (exact) mass is 494 g/mol. The highest BCUT2D eigenvalue weighted by Crippen LogP contribution is 2.56. The van der Waals surface area contributed by atoms with E-state index in [9.17, 15) is 18.3 Å². The zero-order valence-electron chi connectivity index (χ0n) is 18.7. The third-order valence-electron chi connectivity index (χ3n) is 7.04. The van der Waals surface area contributed by atoms with Crippen molar-refractivity contribution in [2.75, 3.05) is 10.6 Å². The molecule has 35 heavy (non-hydrogen) atoms. The second-order valence-electron chi connectivity index (χ2n) is 9.76. The first-order valence-electron chi connectivity index (χ1n) is 11.3. The molecule has 7 rings (SSSR count). The molecule has 3 aromatic rings. The summed E-state index contributed by atoms with van der Waals surface area (Å²) in [5, 5.41) is 39.9. The highest BCUT2D eigenvalue weighted by Gasteiger charge is 2.54. The van der Waals surface area contributed by atoms with Gasteiger partial charge >= 0.3 is 12.1 Å². The number of nitrogens with one attached hydrogen (secondary N) is 4. The van der Waals surface area contributed by atoms with Gasteiger partial charge in [0.25, 0.3) is 0 Å². The van der Waals surface area contributed by atoms with E-state index in [0.717, 1.165) is 30.3 Å². The van der Waals surface area contributed by atoms with Crippen LogP contribution in [0.4, 0.5) is 30.8 Å². The van der Waals surface area contributed by atoms with Crippen LogP contribution in [0.15, 0.2) is 12.3 Å². The maximum absolute atomic E-state index is 10.8. The number of anilines is 3. The summed E-state index contributed by atoms with van der Waals surface area (Å²) >= 11 is 0. The maximum Gasteiger partial charge on any atom is 0.490 e. The molecule has 3 heterocycles. The molecule has 11 nitrogen and oxygen atoms in total. The summed E-state index contributed by atoms with van der Waals surface area (Å²) < 4.78 is 31.7. The molecule has 0 aliphatic heterocycles. The zero-order chi connectivity index (χ0) is 25.0. The lowest BCUT2D eigenvalue weighted by atomic mass is 9.52. The summed E-state index contributed by atoms with van der Waals surface area (Å²) in [6.07, 6.45) is 1.80. The van der Waals surface area contributed by atoms with Crippen molar-refractivity contribution in [2.45, 2.75) is 56.8 Å². The summed E-state index contributed by atoms with van der Waals surface area (Å²) in [7, 11) is 0. The predicted octanol–water partition coefficient (Wildman–Crippen LogP) is 3.11. The largest absolute Gasteiger partial charge is 0.490 e. The zero-order valence-corrected chi connectivity index (χ0v) is 18.7. The number of carboxylic acids is 1. The van der Waals surface area contributed by atoms with E-state index in [-0.39, 0.29) is 0 Å². The normalized spacial score (nSPS) is 29.1. The minimum Gasteiger partial charge on any atom is -0.475 e. The van der Waals surface area contributed by atoms with Crippen molar-refractivity contribution in [3.63, 3.8) is 0 Å². The van der Waals surface area contributed by atoms with Crippen LogP contribution in [0.3, 0.4) is 0 Å². The number of H-pyrrole nitrogens is 2. The number of aliphatic carboxylic acids is 1. The van der Waals surface area contributed by atoms with E-state index in [1.54, 1.807) is 6.20 Å². The molecule has 4 saturated carbocycles. The van der Waals surface area contributed by atoms with Gasteiger partial charge in [0.15, 0.2) is 11.5 Å². The number of aryl methyl sites for hydroxylation is 1. The first-order valence-corrected chi connectivity index (χ1v) is 11.3. The van der Waals surface area contributed by atoms with Gasteiger partial charge < -0.3 is 20.8 Å². The van der Waals surface area contributed by atoms with E-state index in [0.29, 0.717) is 47.0 Å². The van der Waals surface area contributed by atoms with Crippen LogP contribution in [0.2, 0.25) is 0 Å². The van der Waals surface area contributed by atoms with Crippen molar-refractivity contribution in [1.82, 2.24) is 30.4 Å². The molecule has 0 saturated heterocycles. The van der Waals surface area contributed by atoms with Crippen LogP contribution in [-0.2, 0) is 4.79 Å². The fourth-order valence-electron chi connectivity index (χ4n) is 5.96. The van der Waals surface area contributed by atoms with Gasteiger partial charge in [-0.2, -0.15) is 33.3 Å². The molecule has 4 bridgehead atoms. The van der Waals surface area contributed by atoms with Crippen molar-refractivity contribution in [2.24, 2.45) is 17.8 Å². The molecule has 2 atom stereocenters. The number of fused-ring (bicyclic) bond motifs is 1. The van der Waals surface area contributed by atoms with E-state index in [2.05, 4.69) is 36.0 Å². The van der Waals surface area contributed by atoms with E-state index < -0.39 is 17.7 Å². The standard InChI is InChI=1S/C19H24N8O.C2HF3O2/c1-9-2-14(26-25-9)21-16-13-8-20-27-17(13)24-18(23-16)22-15-11-3-10-4-12(15)7-19(28,5-10)6-11;3-2(4,5)1(6)7/h2,8,10-12,15,28H,3-7H2,1H3,(H4,20,21,22,23,24,25,26,27);(H,6,7). The first-order chi connectivity index (χ1) is 16.5. The van der Waals surface area contributed by atoms with Crippen LogP contribution in [0.1, 0.15) is 37.8 Å². The molecule has 0 aromatic carbocycles. The van der Waals surface area contributed by atoms with E-state index >= 15 is 0 Å². The lowest BCUT2D eigenvalue weighted by molar-refractivity contribution is -0.192. The summed E-state index contributed by atoms with van der Waals surface area (Å²) in [4.78, 5) is 18.3. The number of aromatic nitrogens is 6. The van der Waals surface area contributed by atoms with Gasteiger partial charge in [0.1, 0.15) is 5.82 Å². The Morgan fingerprint density at radius 1 is 1.17 bits per heavy atom. The van der Waals surface area contributed by atoms with Gasteiger partial charge in [-0.1, -0.05) is 0 Å². The molecular formula is C21H25F3N8O3. The topological polar surface area (TPSA) is 165 Å². The molecule has 4 aliphatic carbocycles. The number of hydrogen-bond donors (Lipinski definition) is 6. The molecule has 0 spiro atoms. The van der Waals surface area contributed by atoms with E-state index in [1.807, 2.05) is 13.0 Å². The second kappa shape index (κ2) is 8.36. The molecule has 6 N–H and O–H groups in total. The van der Waals surface area contributed by atoms with Crippen molar-refractivity contribution >= 4 is 34.6 Å². The Balaban J connectivity index is 0.000000320. The summed E-state index contributed by atoms with van der Waals surface area (Å²) in [5.74, 6) is 0.877. The molecule has 3 aromatic heterocycles. The lowest BCUT2D eigenvalue weighted by Crippen LogP contribution is -2.59. The van der Waals surface area contributed by atoms with Crippen molar-refractivity contribution in [3.8, 4) is 0 Å². The Kier molecular flexibility index (Phi) is 5.57. The number of carboxylic acid groups (broad SMARTS) is 1. The fourth-order valence-corrected chi connectivity index (χ4v) is 5.96. The predicted molar refractivity (Wildman–Crippen MR) is 118 cm³/mol. The molecule has 0 radical (unpaired) electrons. The quantitative estimate of drug-likeness (QED) is 0.320. The van der Waals surface area contributed by atoms with Crippen molar-refractivity contribution < 1.29 is 28.2 Å². The third kappa shape index (κ3) is 4.74. The number of aliphatic hydroxyl groups is 1. The Morgan fingerprint density at radius 3 is 2.43 bits per heavy atom. The lowest BCUT2D eigenvalue weighted by Gasteiger charge is -2.58. The third-order valence-corrected chi connectivity index (χ3v) is 7.04. The summed E-state index contributed by atoms with van der Waals surface area (Å²) in [6.45, 7) is 1.96. The van der Waals surface area contributed by atoms with Gasteiger partial charge in [0.05, 0.1) is 17.2 Å². The number of halogens is 3. The maximum atomic E-state index is 10.8. The molecule has 0 amide bonds. The molecular weight excluding hydrogens is 469 g/mol. The SMILES string of the molecule is Cc1cc(Nc2nc(NC3C4CC5CC3CC(O)(C5)C4)nc3[nH]ncc23)n[nH]1.O=C(O)C(F)(F)F. The Labute approximate surface area is 196 Å². The van der Waals surface area contributed by atoms with Crippen LogP contribution in [0.5, 0.6) is 0 Å². The number of nitrogens with zero attached hydrogens (tertiary/aromatic N) is 4. The van der Waals surface area contributed by atoms with Crippen molar-refractivity contribution in [3.05, 3.63) is 18.0 Å². The Bertz CT molecular complexity index is 1230. The van der Waals surface area contributed by atoms with Crippen LogP contribution in [0.25, 0.3) is 11.0 Å². The van der Waals surface area contributed by atoms with Gasteiger partial charge in [0, 0.05) is 17.8 Å². The van der Waals surface area contributed by atoms with Gasteiger partial charge in [-0.3, -0.25) is 10.2 Å². The van der Waals surface area contributed by atoms with Gasteiger partial charge in [-0.05, 0) is 56.8 Å². The fraction of sp³-hybridized carbons (Fsp3) is 0.571. The van der Waals surface area contributed by atoms with Crippen molar-refractivity contribution in [1.29, 1.82) is 0 Å². The number of alkyl halides is 3. The number of hydrogen-bond acceptors (Lipinski definition) is 8. The smallest absolute Gasteiger partial charge is 0.475 e. The summed E-state index contributed by atoms with van der Waals surface area (Å²) in [6, 6.07) is 2.25. The first kappa shape index (κ1) is 23.3. The average Bonchev–Trinajstić information content (AvgIpc) is 3.38. The van der Waals surface area contributed by atoms with Crippen LogP contribution in [-0.4, -0.2) is 64.4 Å². The van der Waals surface area contributed by atoms with Crippen LogP contribution >= 0.6 is 0 Å². The highest BCUT2D eigenvalue weighted by molar-refractivity contribution is 5.88. The van der Waals surface area contributed by atoms with E-state index in [4.69, 9.17) is 14.9 Å². The van der Waals surface area contributed by atoms with Gasteiger partial charge in [-0.25, -0.2) is 4.79 Å². The minimum absolute atomic E-state index is 0.317. The molecule has 4 fully saturated rings. The molecule has 14 heteroatoms. The molecule has 188 valence electrons.